The molecule has 2 rings (SSSR count). The number of hydrogen-bond acceptors (Lipinski definition) is 4. The molecule has 0 aliphatic heterocycles. The van der Waals surface area contributed by atoms with Crippen molar-refractivity contribution < 1.29 is 4.42 Å². The van der Waals surface area contributed by atoms with Gasteiger partial charge in [-0.3, -0.25) is 0 Å². The average Bonchev–Trinajstić information content (AvgIpc) is 2.70. The van der Waals surface area contributed by atoms with E-state index in [1.54, 1.807) is 18.5 Å². The van der Waals surface area contributed by atoms with E-state index in [1.165, 1.54) is 0 Å². The third-order valence-electron chi connectivity index (χ3n) is 2.18. The highest BCUT2D eigenvalue weighted by atomic mass is 35.5. The molecular weight excluding hydrogens is 226 g/mol. The number of rotatable bonds is 3. The maximum Gasteiger partial charge on any atom is 0.147 e. The van der Waals surface area contributed by atoms with Crippen LogP contribution in [0.4, 0.5) is 11.5 Å². The summed E-state index contributed by atoms with van der Waals surface area (Å²) in [6, 6.07) is 5.44. The van der Waals surface area contributed by atoms with Crippen LogP contribution in [0.25, 0.3) is 0 Å². The van der Waals surface area contributed by atoms with E-state index in [1.807, 2.05) is 24.1 Å². The molecule has 0 spiro atoms. The minimum atomic E-state index is 0.536. The molecule has 0 aliphatic rings. The normalized spacial score (nSPS) is 10.4. The Morgan fingerprint density at radius 1 is 1.56 bits per heavy atom. The largest absolute Gasteiger partial charge is 0.467 e. The van der Waals surface area contributed by atoms with Crippen molar-refractivity contribution in [3.63, 3.8) is 0 Å². The fraction of sp³-hybridized carbons (Fsp3) is 0.182. The monoisotopic (exact) mass is 237 g/mol. The van der Waals surface area contributed by atoms with Crippen LogP contribution in [0.3, 0.4) is 0 Å². The molecule has 0 saturated carbocycles. The predicted molar refractivity (Wildman–Crippen MR) is 64.5 cm³/mol. The second-order valence-electron chi connectivity index (χ2n) is 3.51. The first kappa shape index (κ1) is 10.8. The molecule has 2 N–H and O–H groups in total. The second-order valence-corrected chi connectivity index (χ2v) is 3.92. The van der Waals surface area contributed by atoms with Crippen molar-refractivity contribution in [1.29, 1.82) is 0 Å². The zero-order valence-electron chi connectivity index (χ0n) is 8.85. The summed E-state index contributed by atoms with van der Waals surface area (Å²) >= 11 is 6.05. The summed E-state index contributed by atoms with van der Waals surface area (Å²) in [5.74, 6) is 1.55. The lowest BCUT2D eigenvalue weighted by Gasteiger charge is -2.17. The molecule has 2 heterocycles. The van der Waals surface area contributed by atoms with E-state index in [-0.39, 0.29) is 0 Å². The Hall–Kier alpha value is -1.68. The number of furan rings is 1. The lowest BCUT2D eigenvalue weighted by molar-refractivity contribution is 0.507. The predicted octanol–water partition coefficient (Wildman–Crippen LogP) is 2.55. The van der Waals surface area contributed by atoms with Gasteiger partial charge in [-0.05, 0) is 18.2 Å². The standard InChI is InChI=1S/C11H12ClN3O/c1-15(7-9-3-2-4-16-9)11-10(12)5-8(13)6-14-11/h2-6H,7,13H2,1H3. The van der Waals surface area contributed by atoms with Crippen LogP contribution in [-0.4, -0.2) is 12.0 Å². The van der Waals surface area contributed by atoms with Crippen molar-refractivity contribution in [1.82, 2.24) is 4.98 Å². The lowest BCUT2D eigenvalue weighted by atomic mass is 10.3. The fourth-order valence-electron chi connectivity index (χ4n) is 1.44. The molecule has 0 atom stereocenters. The van der Waals surface area contributed by atoms with Gasteiger partial charge in [0.25, 0.3) is 0 Å². The SMILES string of the molecule is CN(Cc1ccco1)c1ncc(N)cc1Cl. The van der Waals surface area contributed by atoms with Gasteiger partial charge in [0.15, 0.2) is 0 Å². The minimum Gasteiger partial charge on any atom is -0.467 e. The van der Waals surface area contributed by atoms with Crippen LogP contribution in [0.1, 0.15) is 5.76 Å². The summed E-state index contributed by atoms with van der Waals surface area (Å²) in [5, 5.41) is 0.536. The molecule has 16 heavy (non-hydrogen) atoms. The van der Waals surface area contributed by atoms with Crippen molar-refractivity contribution >= 4 is 23.1 Å². The van der Waals surface area contributed by atoms with Crippen LogP contribution in [0.2, 0.25) is 5.02 Å². The van der Waals surface area contributed by atoms with Gasteiger partial charge in [0.1, 0.15) is 11.6 Å². The number of aromatic nitrogens is 1. The fourth-order valence-corrected chi connectivity index (χ4v) is 1.76. The average molecular weight is 238 g/mol. The third kappa shape index (κ3) is 2.28. The van der Waals surface area contributed by atoms with E-state index < -0.39 is 0 Å². The van der Waals surface area contributed by atoms with Crippen molar-refractivity contribution in [3.05, 3.63) is 41.4 Å². The Bertz CT molecular complexity index is 470. The zero-order valence-corrected chi connectivity index (χ0v) is 9.61. The van der Waals surface area contributed by atoms with Gasteiger partial charge >= 0.3 is 0 Å². The van der Waals surface area contributed by atoms with E-state index >= 15 is 0 Å². The number of nitrogens with two attached hydrogens (primary N) is 1. The number of nitrogen functional groups attached to an aromatic ring is 1. The third-order valence-corrected chi connectivity index (χ3v) is 2.46. The Balaban J connectivity index is 2.17. The molecule has 0 aliphatic carbocycles. The second kappa shape index (κ2) is 4.45. The quantitative estimate of drug-likeness (QED) is 0.891. The summed E-state index contributed by atoms with van der Waals surface area (Å²) in [5.41, 5.74) is 6.14. The molecule has 2 aromatic heterocycles. The molecule has 84 valence electrons. The van der Waals surface area contributed by atoms with Crippen LogP contribution in [0.5, 0.6) is 0 Å². The van der Waals surface area contributed by atoms with Crippen molar-refractivity contribution in [2.75, 3.05) is 17.7 Å². The van der Waals surface area contributed by atoms with E-state index in [0.717, 1.165) is 5.76 Å². The van der Waals surface area contributed by atoms with Gasteiger partial charge in [-0.2, -0.15) is 0 Å². The molecule has 4 nitrogen and oxygen atoms in total. The summed E-state index contributed by atoms with van der Waals surface area (Å²) in [6.45, 7) is 0.615. The Kier molecular flexibility index (Phi) is 3.01. The first-order valence-electron chi connectivity index (χ1n) is 4.81. The molecule has 5 heteroatoms. The van der Waals surface area contributed by atoms with Crippen LogP contribution in [-0.2, 0) is 6.54 Å². The molecule has 0 fully saturated rings. The highest BCUT2D eigenvalue weighted by molar-refractivity contribution is 6.33. The number of halogens is 1. The maximum atomic E-state index is 6.05. The van der Waals surface area contributed by atoms with Crippen LogP contribution < -0.4 is 10.6 Å². The van der Waals surface area contributed by atoms with Gasteiger partial charge in [0.05, 0.1) is 29.7 Å². The lowest BCUT2D eigenvalue weighted by Crippen LogP contribution is -2.17. The van der Waals surface area contributed by atoms with Gasteiger partial charge in [0, 0.05) is 7.05 Å². The number of pyridine rings is 1. The molecular formula is C11H12ClN3O. The molecule has 0 bridgehead atoms. The van der Waals surface area contributed by atoms with Crippen molar-refractivity contribution in [2.24, 2.45) is 0 Å². The zero-order chi connectivity index (χ0) is 11.5. The number of anilines is 2. The van der Waals surface area contributed by atoms with E-state index in [9.17, 15) is 0 Å². The molecule has 2 aromatic rings. The molecule has 0 unspecified atom stereocenters. The Labute approximate surface area is 98.6 Å². The summed E-state index contributed by atoms with van der Waals surface area (Å²) in [7, 11) is 1.90. The van der Waals surface area contributed by atoms with Gasteiger partial charge in [-0.15, -0.1) is 0 Å². The first-order valence-corrected chi connectivity index (χ1v) is 5.19. The number of hydrogen-bond donors (Lipinski definition) is 1. The summed E-state index contributed by atoms with van der Waals surface area (Å²) < 4.78 is 5.25. The maximum absolute atomic E-state index is 6.05. The highest BCUT2D eigenvalue weighted by Crippen LogP contribution is 2.25. The van der Waals surface area contributed by atoms with Crippen molar-refractivity contribution in [3.8, 4) is 0 Å². The molecule has 0 saturated heterocycles. The van der Waals surface area contributed by atoms with E-state index in [0.29, 0.717) is 23.1 Å². The van der Waals surface area contributed by atoms with E-state index in [4.69, 9.17) is 21.8 Å². The van der Waals surface area contributed by atoms with Gasteiger partial charge in [0.2, 0.25) is 0 Å². The van der Waals surface area contributed by atoms with Gasteiger partial charge < -0.3 is 15.1 Å². The summed E-state index contributed by atoms with van der Waals surface area (Å²) in [4.78, 5) is 6.09. The summed E-state index contributed by atoms with van der Waals surface area (Å²) in [6.07, 6.45) is 3.22. The van der Waals surface area contributed by atoms with Crippen LogP contribution in [0.15, 0.2) is 35.1 Å². The Morgan fingerprint density at radius 3 is 3.00 bits per heavy atom. The molecule has 0 radical (unpaired) electrons. The van der Waals surface area contributed by atoms with E-state index in [2.05, 4.69) is 4.98 Å². The molecule has 0 amide bonds. The minimum absolute atomic E-state index is 0.536. The number of nitrogens with zero attached hydrogens (tertiary/aromatic N) is 2. The highest BCUT2D eigenvalue weighted by Gasteiger charge is 2.09. The first-order chi connectivity index (χ1) is 7.66. The van der Waals surface area contributed by atoms with Gasteiger partial charge in [-0.1, -0.05) is 11.6 Å². The van der Waals surface area contributed by atoms with Gasteiger partial charge in [-0.25, -0.2) is 4.98 Å². The van der Waals surface area contributed by atoms with Crippen molar-refractivity contribution in [2.45, 2.75) is 6.54 Å². The Morgan fingerprint density at radius 2 is 2.38 bits per heavy atom. The topological polar surface area (TPSA) is 55.3 Å². The van der Waals surface area contributed by atoms with Crippen LogP contribution >= 0.6 is 11.6 Å². The smallest absolute Gasteiger partial charge is 0.147 e. The van der Waals surface area contributed by atoms with Crippen LogP contribution in [0, 0.1) is 0 Å². The molecule has 0 aromatic carbocycles.